The van der Waals surface area contributed by atoms with E-state index in [4.69, 9.17) is 4.42 Å². The van der Waals surface area contributed by atoms with Crippen LogP contribution in [0.4, 0.5) is 0 Å². The second kappa shape index (κ2) is 5.85. The number of oxazole rings is 1. The zero-order valence-electron chi connectivity index (χ0n) is 12.8. The summed E-state index contributed by atoms with van der Waals surface area (Å²) >= 11 is 0. The van der Waals surface area contributed by atoms with Crippen molar-refractivity contribution in [3.8, 4) is 11.5 Å². The molecule has 118 valence electrons. The summed E-state index contributed by atoms with van der Waals surface area (Å²) in [4.78, 5) is 6.63. The molecule has 3 rings (SSSR count). The first-order valence-electron chi connectivity index (χ1n) is 7.37. The van der Waals surface area contributed by atoms with Gasteiger partial charge in [-0.05, 0) is 32.5 Å². The number of aromatic nitrogens is 1. The highest BCUT2D eigenvalue weighted by atomic mass is 32.2. The topological polar surface area (TPSA) is 63.4 Å². The van der Waals surface area contributed by atoms with Gasteiger partial charge in [0, 0.05) is 18.2 Å². The van der Waals surface area contributed by atoms with Crippen LogP contribution in [0.2, 0.25) is 0 Å². The van der Waals surface area contributed by atoms with Crippen LogP contribution in [0, 0.1) is 6.92 Å². The first kappa shape index (κ1) is 15.2. The summed E-state index contributed by atoms with van der Waals surface area (Å²) in [5.41, 5.74) is 1.81. The Bertz CT molecular complexity index is 753. The van der Waals surface area contributed by atoms with Crippen molar-refractivity contribution in [2.75, 3.05) is 18.6 Å². The van der Waals surface area contributed by atoms with E-state index in [-0.39, 0.29) is 17.5 Å². The minimum Gasteiger partial charge on any atom is -0.441 e. The molecule has 0 unspecified atom stereocenters. The summed E-state index contributed by atoms with van der Waals surface area (Å²) in [5, 5.41) is 0. The molecular formula is C16H20N2O3S. The third-order valence-corrected chi connectivity index (χ3v) is 5.89. The molecule has 1 atom stereocenters. The molecule has 0 radical (unpaired) electrons. The minimum atomic E-state index is -2.87. The Balaban J connectivity index is 1.75. The van der Waals surface area contributed by atoms with Crippen LogP contribution < -0.4 is 0 Å². The molecule has 0 amide bonds. The molecule has 1 aliphatic rings. The average molecular weight is 320 g/mol. The van der Waals surface area contributed by atoms with Crippen LogP contribution in [0.3, 0.4) is 0 Å². The summed E-state index contributed by atoms with van der Waals surface area (Å²) in [7, 11) is -0.920. The molecule has 1 saturated heterocycles. The van der Waals surface area contributed by atoms with Crippen LogP contribution in [0.1, 0.15) is 17.9 Å². The van der Waals surface area contributed by atoms with E-state index < -0.39 is 9.84 Å². The fraction of sp³-hybridized carbons (Fsp3) is 0.438. The molecule has 6 heteroatoms. The monoisotopic (exact) mass is 320 g/mol. The van der Waals surface area contributed by atoms with Gasteiger partial charge in [0.05, 0.1) is 17.2 Å². The Labute approximate surface area is 130 Å². The summed E-state index contributed by atoms with van der Waals surface area (Å²) in [6, 6.07) is 9.84. The number of hydrogen-bond donors (Lipinski definition) is 0. The van der Waals surface area contributed by atoms with E-state index in [0.29, 0.717) is 18.9 Å². The van der Waals surface area contributed by atoms with Crippen molar-refractivity contribution in [3.63, 3.8) is 0 Å². The number of hydrogen-bond acceptors (Lipinski definition) is 5. The molecule has 1 aromatic heterocycles. The van der Waals surface area contributed by atoms with Gasteiger partial charge in [-0.2, -0.15) is 0 Å². The van der Waals surface area contributed by atoms with Gasteiger partial charge in [-0.25, -0.2) is 13.4 Å². The number of nitrogens with zero attached hydrogens (tertiary/aromatic N) is 2. The van der Waals surface area contributed by atoms with Gasteiger partial charge in [0.25, 0.3) is 0 Å². The molecule has 0 bridgehead atoms. The molecule has 22 heavy (non-hydrogen) atoms. The Morgan fingerprint density at radius 1 is 1.32 bits per heavy atom. The summed E-state index contributed by atoms with van der Waals surface area (Å²) in [6.45, 7) is 2.50. The van der Waals surface area contributed by atoms with Gasteiger partial charge in [-0.1, -0.05) is 18.2 Å². The van der Waals surface area contributed by atoms with Crippen molar-refractivity contribution in [1.82, 2.24) is 9.88 Å². The van der Waals surface area contributed by atoms with E-state index >= 15 is 0 Å². The average Bonchev–Trinajstić information content (AvgIpc) is 3.03. The fourth-order valence-corrected chi connectivity index (χ4v) is 4.57. The lowest BCUT2D eigenvalue weighted by atomic mass is 10.2. The fourth-order valence-electron chi connectivity index (χ4n) is 2.77. The van der Waals surface area contributed by atoms with Gasteiger partial charge in [-0.15, -0.1) is 0 Å². The Morgan fingerprint density at radius 2 is 2.05 bits per heavy atom. The van der Waals surface area contributed by atoms with Gasteiger partial charge in [-0.3, -0.25) is 4.90 Å². The van der Waals surface area contributed by atoms with E-state index in [1.807, 2.05) is 44.3 Å². The second-order valence-corrected chi connectivity index (χ2v) is 8.09. The largest absolute Gasteiger partial charge is 0.441 e. The highest BCUT2D eigenvalue weighted by Crippen LogP contribution is 2.24. The Kier molecular flexibility index (Phi) is 4.06. The molecule has 0 saturated carbocycles. The van der Waals surface area contributed by atoms with E-state index in [1.165, 1.54) is 0 Å². The lowest BCUT2D eigenvalue weighted by Gasteiger charge is -2.21. The predicted molar refractivity (Wildman–Crippen MR) is 85.2 cm³/mol. The Hall–Kier alpha value is -1.66. The maximum atomic E-state index is 11.6. The SMILES string of the molecule is Cc1oc(-c2ccccc2)nc1CN(C)[C@H]1CCS(=O)(=O)C1. The Morgan fingerprint density at radius 3 is 2.68 bits per heavy atom. The quantitative estimate of drug-likeness (QED) is 0.865. The van der Waals surface area contributed by atoms with Crippen LogP contribution in [-0.4, -0.2) is 42.9 Å². The van der Waals surface area contributed by atoms with Crippen molar-refractivity contribution < 1.29 is 12.8 Å². The zero-order chi connectivity index (χ0) is 15.7. The highest BCUT2D eigenvalue weighted by molar-refractivity contribution is 7.91. The lowest BCUT2D eigenvalue weighted by molar-refractivity contribution is 0.250. The molecule has 0 aliphatic carbocycles. The molecule has 5 nitrogen and oxygen atoms in total. The van der Waals surface area contributed by atoms with Crippen LogP contribution in [0.15, 0.2) is 34.7 Å². The maximum Gasteiger partial charge on any atom is 0.226 e. The predicted octanol–water partition coefficient (Wildman–Crippen LogP) is 2.27. The van der Waals surface area contributed by atoms with Gasteiger partial charge in [0.2, 0.25) is 5.89 Å². The van der Waals surface area contributed by atoms with E-state index in [9.17, 15) is 8.42 Å². The molecule has 1 fully saturated rings. The molecule has 0 spiro atoms. The first-order chi connectivity index (χ1) is 10.4. The number of rotatable bonds is 4. The summed E-state index contributed by atoms with van der Waals surface area (Å²) in [6.07, 6.45) is 0.696. The van der Waals surface area contributed by atoms with Crippen LogP contribution in [0.5, 0.6) is 0 Å². The van der Waals surface area contributed by atoms with Crippen LogP contribution in [-0.2, 0) is 16.4 Å². The van der Waals surface area contributed by atoms with Crippen molar-refractivity contribution >= 4 is 9.84 Å². The van der Waals surface area contributed by atoms with Crippen molar-refractivity contribution in [2.24, 2.45) is 0 Å². The number of benzene rings is 1. The molecule has 2 aromatic rings. The van der Waals surface area contributed by atoms with E-state index in [1.54, 1.807) is 0 Å². The van der Waals surface area contributed by atoms with Crippen molar-refractivity contribution in [1.29, 1.82) is 0 Å². The highest BCUT2D eigenvalue weighted by Gasteiger charge is 2.31. The van der Waals surface area contributed by atoms with Gasteiger partial charge in [0.15, 0.2) is 9.84 Å². The van der Waals surface area contributed by atoms with Gasteiger partial charge >= 0.3 is 0 Å². The summed E-state index contributed by atoms with van der Waals surface area (Å²) in [5.74, 6) is 1.92. The molecule has 0 N–H and O–H groups in total. The molecule has 1 aromatic carbocycles. The standard InChI is InChI=1S/C16H20N2O3S/c1-12-15(10-18(2)14-8-9-22(19,20)11-14)17-16(21-12)13-6-4-3-5-7-13/h3-7,14H,8-11H2,1-2H3/t14-/m0/s1. The minimum absolute atomic E-state index is 0.0706. The van der Waals surface area contributed by atoms with Gasteiger partial charge in [0.1, 0.15) is 5.76 Å². The van der Waals surface area contributed by atoms with E-state index in [2.05, 4.69) is 9.88 Å². The number of aryl methyl sites for hydroxylation is 1. The smallest absolute Gasteiger partial charge is 0.226 e. The maximum absolute atomic E-state index is 11.6. The van der Waals surface area contributed by atoms with Gasteiger partial charge < -0.3 is 4.42 Å². The zero-order valence-corrected chi connectivity index (χ0v) is 13.6. The molecule has 1 aliphatic heterocycles. The first-order valence-corrected chi connectivity index (χ1v) is 9.19. The summed E-state index contributed by atoms with van der Waals surface area (Å²) < 4.78 is 28.9. The third kappa shape index (κ3) is 3.23. The van der Waals surface area contributed by atoms with Crippen LogP contribution in [0.25, 0.3) is 11.5 Å². The van der Waals surface area contributed by atoms with E-state index in [0.717, 1.165) is 17.0 Å². The number of sulfone groups is 1. The van der Waals surface area contributed by atoms with Crippen LogP contribution >= 0.6 is 0 Å². The lowest BCUT2D eigenvalue weighted by Crippen LogP contribution is -2.32. The van der Waals surface area contributed by atoms with Crippen molar-refractivity contribution in [3.05, 3.63) is 41.8 Å². The van der Waals surface area contributed by atoms with Crippen molar-refractivity contribution in [2.45, 2.75) is 25.9 Å². The normalized spacial score (nSPS) is 20.6. The molecule has 2 heterocycles. The second-order valence-electron chi connectivity index (χ2n) is 5.86. The third-order valence-electron chi connectivity index (χ3n) is 4.14. The molecular weight excluding hydrogens is 300 g/mol.